The molecule has 20 heavy (non-hydrogen) atoms. The molecule has 0 saturated carbocycles. The fourth-order valence-corrected chi connectivity index (χ4v) is 2.24. The number of benzene rings is 1. The van der Waals surface area contributed by atoms with Crippen LogP contribution in [0, 0.1) is 6.92 Å². The maximum Gasteiger partial charge on any atom is 0.132 e. The molecule has 1 N–H and O–H groups in total. The average Bonchev–Trinajstić information content (AvgIpc) is 2.43. The number of rotatable bonds is 4. The summed E-state index contributed by atoms with van der Waals surface area (Å²) in [5.74, 6) is 0.565. The molecule has 0 aliphatic heterocycles. The van der Waals surface area contributed by atoms with E-state index in [1.165, 1.54) is 11.1 Å². The van der Waals surface area contributed by atoms with Crippen molar-refractivity contribution in [1.82, 2.24) is 4.98 Å². The number of halogens is 1. The van der Waals surface area contributed by atoms with E-state index < -0.39 is 0 Å². The molecule has 1 unspecified atom stereocenters. The first-order chi connectivity index (χ1) is 9.47. The third-order valence-corrected chi connectivity index (χ3v) is 3.90. The lowest BCUT2D eigenvalue weighted by Crippen LogP contribution is -2.07. The van der Waals surface area contributed by atoms with E-state index in [1.54, 1.807) is 6.20 Å². The number of aromatic nitrogens is 1. The van der Waals surface area contributed by atoms with E-state index in [9.17, 15) is 0 Å². The number of hydrogen-bond donors (Lipinski definition) is 1. The fraction of sp³-hybridized carbons (Fsp3) is 0.353. The lowest BCUT2D eigenvalue weighted by Gasteiger charge is -2.17. The van der Waals surface area contributed by atoms with Gasteiger partial charge in [0.15, 0.2) is 0 Å². The normalized spacial score (nSPS) is 12.5. The number of aryl methyl sites for hydroxylation is 1. The molecule has 0 amide bonds. The van der Waals surface area contributed by atoms with Crippen molar-refractivity contribution in [2.24, 2.45) is 0 Å². The summed E-state index contributed by atoms with van der Waals surface area (Å²) in [7, 11) is 0. The Morgan fingerprint density at radius 1 is 1.05 bits per heavy atom. The number of pyridine rings is 1. The van der Waals surface area contributed by atoms with Crippen LogP contribution in [0.1, 0.15) is 49.4 Å². The van der Waals surface area contributed by atoms with Gasteiger partial charge in [-0.2, -0.15) is 0 Å². The van der Waals surface area contributed by atoms with Crippen molar-refractivity contribution in [1.29, 1.82) is 0 Å². The summed E-state index contributed by atoms with van der Waals surface area (Å²) < 4.78 is 0. The Kier molecular flexibility index (Phi) is 4.66. The van der Waals surface area contributed by atoms with E-state index in [0.29, 0.717) is 11.1 Å². The minimum Gasteiger partial charge on any atom is -0.377 e. The highest BCUT2D eigenvalue weighted by Gasteiger charge is 2.07. The third-order valence-electron chi connectivity index (χ3n) is 3.50. The van der Waals surface area contributed by atoms with Crippen molar-refractivity contribution in [3.05, 3.63) is 58.4 Å². The lowest BCUT2D eigenvalue weighted by atomic mass is 9.99. The van der Waals surface area contributed by atoms with Gasteiger partial charge in [-0.1, -0.05) is 49.7 Å². The first-order valence-electron chi connectivity index (χ1n) is 6.96. The summed E-state index contributed by atoms with van der Waals surface area (Å²) in [4.78, 5) is 4.17. The van der Waals surface area contributed by atoms with Gasteiger partial charge < -0.3 is 5.32 Å². The van der Waals surface area contributed by atoms with Crippen LogP contribution in [-0.2, 0) is 0 Å². The molecule has 0 spiro atoms. The molecular formula is C17H21ClN2. The minimum absolute atomic E-state index is 0.235. The van der Waals surface area contributed by atoms with Gasteiger partial charge in [0, 0.05) is 6.04 Å². The van der Waals surface area contributed by atoms with Crippen LogP contribution >= 0.6 is 11.6 Å². The maximum absolute atomic E-state index is 5.94. The Bertz CT molecular complexity index is 576. The van der Waals surface area contributed by atoms with E-state index in [2.05, 4.69) is 55.3 Å². The molecule has 0 saturated heterocycles. The van der Waals surface area contributed by atoms with Crippen molar-refractivity contribution in [2.45, 2.75) is 39.7 Å². The number of nitrogens with one attached hydrogen (secondary N) is 1. The van der Waals surface area contributed by atoms with Gasteiger partial charge in [0.2, 0.25) is 0 Å². The molecule has 2 nitrogen and oxygen atoms in total. The Morgan fingerprint density at radius 3 is 2.20 bits per heavy atom. The van der Waals surface area contributed by atoms with E-state index in [-0.39, 0.29) is 6.04 Å². The smallest absolute Gasteiger partial charge is 0.132 e. The third kappa shape index (κ3) is 3.51. The van der Waals surface area contributed by atoms with Gasteiger partial charge in [-0.25, -0.2) is 4.98 Å². The second-order valence-electron chi connectivity index (χ2n) is 5.52. The van der Waals surface area contributed by atoms with Gasteiger partial charge >= 0.3 is 0 Å². The molecule has 0 aliphatic carbocycles. The van der Waals surface area contributed by atoms with E-state index >= 15 is 0 Å². The second-order valence-corrected chi connectivity index (χ2v) is 5.88. The summed E-state index contributed by atoms with van der Waals surface area (Å²) in [6.07, 6.45) is 1.77. The highest BCUT2D eigenvalue weighted by Crippen LogP contribution is 2.23. The van der Waals surface area contributed by atoms with E-state index in [0.717, 1.165) is 11.3 Å². The Hall–Kier alpha value is -1.54. The van der Waals surface area contributed by atoms with Gasteiger partial charge in [-0.15, -0.1) is 0 Å². The SMILES string of the molecule is Cc1cc(NC(C)c2ccc(C(C)C)cc2)cnc1Cl. The largest absolute Gasteiger partial charge is 0.377 e. The van der Waals surface area contributed by atoms with Crippen molar-refractivity contribution in [2.75, 3.05) is 5.32 Å². The molecule has 1 aromatic carbocycles. The van der Waals surface area contributed by atoms with Crippen LogP contribution in [0.4, 0.5) is 5.69 Å². The summed E-state index contributed by atoms with van der Waals surface area (Å²) in [6.45, 7) is 8.52. The van der Waals surface area contributed by atoms with Crippen molar-refractivity contribution >= 4 is 17.3 Å². The number of nitrogens with zero attached hydrogens (tertiary/aromatic N) is 1. The summed E-state index contributed by atoms with van der Waals surface area (Å²) >= 11 is 5.94. The zero-order valence-electron chi connectivity index (χ0n) is 12.4. The lowest BCUT2D eigenvalue weighted by molar-refractivity contribution is 0.851. The Morgan fingerprint density at radius 2 is 1.65 bits per heavy atom. The average molecular weight is 289 g/mol. The summed E-state index contributed by atoms with van der Waals surface area (Å²) in [5.41, 5.74) is 4.61. The molecule has 1 atom stereocenters. The van der Waals surface area contributed by atoms with Crippen LogP contribution in [-0.4, -0.2) is 4.98 Å². The first kappa shape index (κ1) is 14.9. The predicted molar refractivity (Wildman–Crippen MR) is 86.6 cm³/mol. The van der Waals surface area contributed by atoms with E-state index in [1.807, 2.05) is 13.0 Å². The molecule has 0 radical (unpaired) electrons. The molecule has 0 aliphatic rings. The monoisotopic (exact) mass is 288 g/mol. The van der Waals surface area contributed by atoms with Crippen LogP contribution in [0.5, 0.6) is 0 Å². The molecule has 2 rings (SSSR count). The quantitative estimate of drug-likeness (QED) is 0.768. The topological polar surface area (TPSA) is 24.9 Å². The number of hydrogen-bond acceptors (Lipinski definition) is 2. The van der Waals surface area contributed by atoms with Gasteiger partial charge in [0.05, 0.1) is 11.9 Å². The molecule has 3 heteroatoms. The van der Waals surface area contributed by atoms with Gasteiger partial charge in [-0.05, 0) is 42.5 Å². The van der Waals surface area contributed by atoms with Gasteiger partial charge in [0.1, 0.15) is 5.15 Å². The van der Waals surface area contributed by atoms with Gasteiger partial charge in [-0.3, -0.25) is 0 Å². The van der Waals surface area contributed by atoms with Crippen molar-refractivity contribution in [3.8, 4) is 0 Å². The maximum atomic E-state index is 5.94. The molecule has 1 aromatic heterocycles. The fourth-order valence-electron chi connectivity index (χ4n) is 2.14. The highest BCUT2D eigenvalue weighted by molar-refractivity contribution is 6.30. The zero-order chi connectivity index (χ0) is 14.7. The molecule has 2 aromatic rings. The zero-order valence-corrected chi connectivity index (χ0v) is 13.2. The molecule has 106 valence electrons. The minimum atomic E-state index is 0.235. The van der Waals surface area contributed by atoms with Crippen molar-refractivity contribution in [3.63, 3.8) is 0 Å². The predicted octanol–water partition coefficient (Wildman–Crippen LogP) is 5.34. The van der Waals surface area contributed by atoms with Crippen LogP contribution in [0.2, 0.25) is 5.15 Å². The molecule has 1 heterocycles. The summed E-state index contributed by atoms with van der Waals surface area (Å²) in [5, 5.41) is 4.01. The molecule has 0 bridgehead atoms. The number of anilines is 1. The Labute approximate surface area is 126 Å². The standard InChI is InChI=1S/C17H21ClN2/c1-11(2)14-5-7-15(8-6-14)13(4)20-16-9-12(3)17(18)19-10-16/h5-11,13,20H,1-4H3. The summed E-state index contributed by atoms with van der Waals surface area (Å²) in [6, 6.07) is 11.0. The van der Waals surface area contributed by atoms with Crippen LogP contribution in [0.25, 0.3) is 0 Å². The Balaban J connectivity index is 2.10. The highest BCUT2D eigenvalue weighted by atomic mass is 35.5. The van der Waals surface area contributed by atoms with E-state index in [4.69, 9.17) is 11.6 Å². The van der Waals surface area contributed by atoms with Gasteiger partial charge in [0.25, 0.3) is 0 Å². The molecular weight excluding hydrogens is 268 g/mol. The van der Waals surface area contributed by atoms with Crippen molar-refractivity contribution < 1.29 is 0 Å². The first-order valence-corrected chi connectivity index (χ1v) is 7.33. The van der Waals surface area contributed by atoms with Crippen LogP contribution in [0.15, 0.2) is 36.5 Å². The second kappa shape index (κ2) is 6.27. The van der Waals surface area contributed by atoms with Crippen LogP contribution in [0.3, 0.4) is 0 Å². The molecule has 0 fully saturated rings. The van der Waals surface area contributed by atoms with Crippen LogP contribution < -0.4 is 5.32 Å².